The number of piperidine rings is 1. The van der Waals surface area contributed by atoms with E-state index in [1.807, 2.05) is 6.07 Å². The molecule has 1 aromatic carbocycles. The summed E-state index contributed by atoms with van der Waals surface area (Å²) in [4.78, 5) is 2.52. The molecule has 2 nitrogen and oxygen atoms in total. The molecule has 0 aliphatic carbocycles. The standard InChI is InChI=1S/C14H21BrN2/c1-2-11-5-7-17(8-6-11)10-12-3-4-13(15)9-14(12)16/h3-4,9,11H,2,5-8,10,16H2,1H3. The lowest BCUT2D eigenvalue weighted by Gasteiger charge is -2.31. The Morgan fingerprint density at radius 2 is 2.06 bits per heavy atom. The van der Waals surface area contributed by atoms with Gasteiger partial charge in [-0.15, -0.1) is 0 Å². The molecule has 1 aromatic rings. The van der Waals surface area contributed by atoms with Crippen molar-refractivity contribution in [3.05, 3.63) is 28.2 Å². The molecule has 1 aliphatic rings. The van der Waals surface area contributed by atoms with Crippen LogP contribution in [0.1, 0.15) is 31.7 Å². The van der Waals surface area contributed by atoms with Crippen LogP contribution in [0.5, 0.6) is 0 Å². The van der Waals surface area contributed by atoms with Crippen molar-refractivity contribution in [1.82, 2.24) is 4.90 Å². The molecule has 0 aromatic heterocycles. The minimum atomic E-state index is 0.900. The zero-order chi connectivity index (χ0) is 12.3. The van der Waals surface area contributed by atoms with E-state index in [2.05, 4.69) is 39.9 Å². The number of benzene rings is 1. The minimum absolute atomic E-state index is 0.900. The van der Waals surface area contributed by atoms with E-state index in [-0.39, 0.29) is 0 Å². The molecule has 2 N–H and O–H groups in total. The molecule has 3 heteroatoms. The van der Waals surface area contributed by atoms with Gasteiger partial charge in [0.05, 0.1) is 0 Å². The summed E-state index contributed by atoms with van der Waals surface area (Å²) in [5, 5.41) is 0. The molecule has 0 saturated carbocycles. The van der Waals surface area contributed by atoms with Crippen molar-refractivity contribution in [2.24, 2.45) is 5.92 Å². The summed E-state index contributed by atoms with van der Waals surface area (Å²) in [7, 11) is 0. The fourth-order valence-electron chi connectivity index (χ4n) is 2.50. The van der Waals surface area contributed by atoms with Gasteiger partial charge in [-0.2, -0.15) is 0 Å². The smallest absolute Gasteiger partial charge is 0.0371 e. The summed E-state index contributed by atoms with van der Waals surface area (Å²) < 4.78 is 1.06. The van der Waals surface area contributed by atoms with E-state index in [9.17, 15) is 0 Å². The molecule has 0 spiro atoms. The Morgan fingerprint density at radius 3 is 2.65 bits per heavy atom. The van der Waals surface area contributed by atoms with Gasteiger partial charge in [0.25, 0.3) is 0 Å². The summed E-state index contributed by atoms with van der Waals surface area (Å²) in [5.74, 6) is 0.938. The lowest BCUT2D eigenvalue weighted by atomic mass is 9.94. The topological polar surface area (TPSA) is 29.3 Å². The highest BCUT2D eigenvalue weighted by molar-refractivity contribution is 9.10. The third-order valence-corrected chi connectivity index (χ3v) is 4.28. The SMILES string of the molecule is CCC1CCN(Cc2ccc(Br)cc2N)CC1. The van der Waals surface area contributed by atoms with E-state index in [1.54, 1.807) is 0 Å². The normalized spacial score (nSPS) is 18.5. The maximum Gasteiger partial charge on any atom is 0.0371 e. The van der Waals surface area contributed by atoms with Crippen LogP contribution in [0.25, 0.3) is 0 Å². The fraction of sp³-hybridized carbons (Fsp3) is 0.571. The number of hydrogen-bond donors (Lipinski definition) is 1. The van der Waals surface area contributed by atoms with Crippen LogP contribution in [0.4, 0.5) is 5.69 Å². The molecule has 1 heterocycles. The lowest BCUT2D eigenvalue weighted by molar-refractivity contribution is 0.175. The van der Waals surface area contributed by atoms with Gasteiger partial charge in [-0.3, -0.25) is 4.90 Å². The van der Waals surface area contributed by atoms with E-state index < -0.39 is 0 Å². The highest BCUT2D eigenvalue weighted by atomic mass is 79.9. The Kier molecular flexibility index (Phi) is 4.46. The maximum atomic E-state index is 6.04. The molecule has 17 heavy (non-hydrogen) atoms. The fourth-order valence-corrected chi connectivity index (χ4v) is 2.88. The molecule has 0 unspecified atom stereocenters. The zero-order valence-electron chi connectivity index (χ0n) is 10.5. The van der Waals surface area contributed by atoms with Gasteiger partial charge < -0.3 is 5.73 Å². The van der Waals surface area contributed by atoms with Gasteiger partial charge in [0.15, 0.2) is 0 Å². The summed E-state index contributed by atoms with van der Waals surface area (Å²) in [6.07, 6.45) is 4.01. The highest BCUT2D eigenvalue weighted by Crippen LogP contribution is 2.24. The van der Waals surface area contributed by atoms with Gasteiger partial charge in [-0.05, 0) is 49.5 Å². The number of anilines is 1. The number of nitrogens with zero attached hydrogens (tertiary/aromatic N) is 1. The Bertz CT molecular complexity index is 370. The minimum Gasteiger partial charge on any atom is -0.398 e. The van der Waals surface area contributed by atoms with E-state index in [1.165, 1.54) is 37.9 Å². The monoisotopic (exact) mass is 296 g/mol. The van der Waals surface area contributed by atoms with Gasteiger partial charge in [-0.25, -0.2) is 0 Å². The van der Waals surface area contributed by atoms with Crippen molar-refractivity contribution in [2.45, 2.75) is 32.7 Å². The molecule has 0 atom stereocenters. The molecule has 1 saturated heterocycles. The van der Waals surface area contributed by atoms with Crippen molar-refractivity contribution in [3.63, 3.8) is 0 Å². The first kappa shape index (κ1) is 12.9. The van der Waals surface area contributed by atoms with E-state index >= 15 is 0 Å². The molecule has 94 valence electrons. The van der Waals surface area contributed by atoms with E-state index in [0.29, 0.717) is 0 Å². The van der Waals surface area contributed by atoms with Crippen LogP contribution in [0, 0.1) is 5.92 Å². The van der Waals surface area contributed by atoms with Crippen molar-refractivity contribution in [1.29, 1.82) is 0 Å². The second-order valence-electron chi connectivity index (χ2n) is 4.97. The first-order valence-corrected chi connectivity index (χ1v) is 7.24. The number of halogens is 1. The largest absolute Gasteiger partial charge is 0.398 e. The van der Waals surface area contributed by atoms with Crippen molar-refractivity contribution >= 4 is 21.6 Å². The molecular weight excluding hydrogens is 276 g/mol. The average Bonchev–Trinajstić information content (AvgIpc) is 2.34. The first-order valence-electron chi connectivity index (χ1n) is 6.45. The maximum absolute atomic E-state index is 6.04. The molecule has 1 aliphatic heterocycles. The van der Waals surface area contributed by atoms with Crippen molar-refractivity contribution < 1.29 is 0 Å². The lowest BCUT2D eigenvalue weighted by Crippen LogP contribution is -2.33. The number of hydrogen-bond acceptors (Lipinski definition) is 2. The highest BCUT2D eigenvalue weighted by Gasteiger charge is 2.18. The second kappa shape index (κ2) is 5.87. The van der Waals surface area contributed by atoms with Crippen molar-refractivity contribution in [3.8, 4) is 0 Å². The molecule has 0 amide bonds. The van der Waals surface area contributed by atoms with Gasteiger partial charge in [0.2, 0.25) is 0 Å². The second-order valence-corrected chi connectivity index (χ2v) is 5.89. The molecule has 2 rings (SSSR count). The third kappa shape index (κ3) is 3.46. The van der Waals surface area contributed by atoms with Crippen LogP contribution in [0.3, 0.4) is 0 Å². The Hall–Kier alpha value is -0.540. The van der Waals surface area contributed by atoms with Crippen molar-refractivity contribution in [2.75, 3.05) is 18.8 Å². The number of nitrogens with two attached hydrogens (primary N) is 1. The molecular formula is C14H21BrN2. The summed E-state index contributed by atoms with van der Waals surface area (Å²) in [5.41, 5.74) is 8.19. The van der Waals surface area contributed by atoms with Crippen LogP contribution in [-0.4, -0.2) is 18.0 Å². The summed E-state index contributed by atoms with van der Waals surface area (Å²) in [6.45, 7) is 5.73. The van der Waals surface area contributed by atoms with Crippen LogP contribution in [0.15, 0.2) is 22.7 Å². The predicted molar refractivity (Wildman–Crippen MR) is 76.8 cm³/mol. The van der Waals surface area contributed by atoms with Gasteiger partial charge in [0.1, 0.15) is 0 Å². The Balaban J connectivity index is 1.93. The van der Waals surface area contributed by atoms with Crippen LogP contribution >= 0.6 is 15.9 Å². The average molecular weight is 297 g/mol. The Labute approximate surface area is 112 Å². The summed E-state index contributed by atoms with van der Waals surface area (Å²) >= 11 is 3.45. The molecule has 0 radical (unpaired) electrons. The van der Waals surface area contributed by atoms with Gasteiger partial charge in [0, 0.05) is 16.7 Å². The van der Waals surface area contributed by atoms with Gasteiger partial charge >= 0.3 is 0 Å². The van der Waals surface area contributed by atoms with Crippen LogP contribution < -0.4 is 5.73 Å². The zero-order valence-corrected chi connectivity index (χ0v) is 12.0. The van der Waals surface area contributed by atoms with Crippen LogP contribution in [-0.2, 0) is 6.54 Å². The third-order valence-electron chi connectivity index (χ3n) is 3.79. The van der Waals surface area contributed by atoms with E-state index in [0.717, 1.165) is 22.6 Å². The number of rotatable bonds is 3. The van der Waals surface area contributed by atoms with E-state index in [4.69, 9.17) is 5.73 Å². The first-order chi connectivity index (χ1) is 8.19. The summed E-state index contributed by atoms with van der Waals surface area (Å²) in [6, 6.07) is 6.20. The quantitative estimate of drug-likeness (QED) is 0.863. The number of nitrogen functional groups attached to an aromatic ring is 1. The Morgan fingerprint density at radius 1 is 1.35 bits per heavy atom. The molecule has 1 fully saturated rings. The number of likely N-dealkylation sites (tertiary alicyclic amines) is 1. The van der Waals surface area contributed by atoms with Gasteiger partial charge in [-0.1, -0.05) is 35.3 Å². The molecule has 0 bridgehead atoms. The van der Waals surface area contributed by atoms with Crippen LogP contribution in [0.2, 0.25) is 0 Å². The predicted octanol–water partition coefficient (Wildman–Crippen LogP) is 3.65.